The smallest absolute Gasteiger partial charge is 0.410 e. The van der Waals surface area contributed by atoms with E-state index in [1.165, 1.54) is 4.90 Å². The molecule has 0 aromatic rings. The maximum absolute atomic E-state index is 13.8. The molecule has 1 atom stereocenters. The average Bonchev–Trinajstić information content (AvgIpc) is 2.86. The number of nitrogens with zero attached hydrogens (tertiary/aromatic N) is 2. The van der Waals surface area contributed by atoms with Gasteiger partial charge < -0.3 is 9.64 Å². The van der Waals surface area contributed by atoms with Crippen LogP contribution in [0.25, 0.3) is 0 Å². The summed E-state index contributed by atoms with van der Waals surface area (Å²) in [6.45, 7) is 3.99. The van der Waals surface area contributed by atoms with Crippen molar-refractivity contribution in [3.63, 3.8) is 0 Å². The fraction of sp³-hybridized carbons (Fsp3) is 0.867. The fourth-order valence-corrected chi connectivity index (χ4v) is 3.76. The zero-order chi connectivity index (χ0) is 18.9. The number of halogens is 1. The van der Waals surface area contributed by atoms with Crippen molar-refractivity contribution in [2.75, 3.05) is 44.4 Å². The van der Waals surface area contributed by atoms with Gasteiger partial charge in [0.2, 0.25) is 0 Å². The topological polar surface area (TPSA) is 93.2 Å². The van der Waals surface area contributed by atoms with E-state index in [2.05, 4.69) is 0 Å². The summed E-state index contributed by atoms with van der Waals surface area (Å²) in [4.78, 5) is 31.4. The molecule has 2 aliphatic heterocycles. The molecule has 144 valence electrons. The molecule has 2 fully saturated rings. The average molecular weight is 380 g/mol. The van der Waals surface area contributed by atoms with Crippen molar-refractivity contribution in [3.05, 3.63) is 0 Å². The third-order valence-electron chi connectivity index (χ3n) is 4.19. The minimum absolute atomic E-state index is 0.121. The largest absolute Gasteiger partial charge is 0.444 e. The van der Waals surface area contributed by atoms with Gasteiger partial charge in [-0.3, -0.25) is 9.63 Å². The molecule has 0 aliphatic carbocycles. The van der Waals surface area contributed by atoms with Crippen molar-refractivity contribution >= 4 is 21.8 Å². The minimum atomic E-state index is -3.28. The normalized spacial score (nSPS) is 27.0. The monoisotopic (exact) mass is 380 g/mol. The Bertz CT molecular complexity index is 632. The predicted octanol–water partition coefficient (Wildman–Crippen LogP) is 0.772. The summed E-state index contributed by atoms with van der Waals surface area (Å²) in [5.74, 6) is -1.03. The SMILES string of the molecule is CC(C)(C)OC(=O)N1CCC(CF)(C(=O)N2CCS(=O)(=O)CCO2)C1. The molecule has 2 heterocycles. The van der Waals surface area contributed by atoms with Crippen molar-refractivity contribution in [3.8, 4) is 0 Å². The number of amides is 2. The fourth-order valence-electron chi connectivity index (χ4n) is 2.78. The Labute approximate surface area is 147 Å². The Kier molecular flexibility index (Phi) is 5.62. The van der Waals surface area contributed by atoms with Gasteiger partial charge in [0.25, 0.3) is 5.91 Å². The van der Waals surface area contributed by atoms with Crippen LogP contribution in [0.15, 0.2) is 0 Å². The zero-order valence-corrected chi connectivity index (χ0v) is 15.6. The van der Waals surface area contributed by atoms with Crippen LogP contribution in [0, 0.1) is 5.41 Å². The van der Waals surface area contributed by atoms with Gasteiger partial charge in [0, 0.05) is 13.1 Å². The molecule has 25 heavy (non-hydrogen) atoms. The molecule has 8 nitrogen and oxygen atoms in total. The Balaban J connectivity index is 2.08. The number of hydrogen-bond donors (Lipinski definition) is 0. The number of likely N-dealkylation sites (tertiary alicyclic amines) is 1. The zero-order valence-electron chi connectivity index (χ0n) is 14.8. The van der Waals surface area contributed by atoms with Crippen molar-refractivity contribution in [2.45, 2.75) is 32.8 Å². The minimum Gasteiger partial charge on any atom is -0.444 e. The van der Waals surface area contributed by atoms with Crippen LogP contribution in [0.1, 0.15) is 27.2 Å². The van der Waals surface area contributed by atoms with Gasteiger partial charge in [0.1, 0.15) is 12.3 Å². The first kappa shape index (κ1) is 19.9. The quantitative estimate of drug-likeness (QED) is 0.703. The summed E-state index contributed by atoms with van der Waals surface area (Å²) in [5, 5.41) is 0.933. The van der Waals surface area contributed by atoms with Gasteiger partial charge in [-0.15, -0.1) is 0 Å². The molecule has 0 spiro atoms. The van der Waals surface area contributed by atoms with Gasteiger partial charge >= 0.3 is 6.09 Å². The van der Waals surface area contributed by atoms with E-state index in [0.29, 0.717) is 0 Å². The van der Waals surface area contributed by atoms with Crippen LogP contribution in [0.3, 0.4) is 0 Å². The molecule has 10 heteroatoms. The second-order valence-electron chi connectivity index (χ2n) is 7.46. The van der Waals surface area contributed by atoms with Gasteiger partial charge in [-0.05, 0) is 27.2 Å². The van der Waals surface area contributed by atoms with Gasteiger partial charge in [-0.2, -0.15) is 0 Å². The number of hydroxylamine groups is 2. The molecule has 2 aliphatic rings. The number of rotatable bonds is 2. The lowest BCUT2D eigenvalue weighted by Gasteiger charge is -2.31. The molecule has 0 aromatic heterocycles. The lowest BCUT2D eigenvalue weighted by molar-refractivity contribution is -0.193. The maximum atomic E-state index is 13.8. The third-order valence-corrected chi connectivity index (χ3v) is 5.78. The van der Waals surface area contributed by atoms with Crippen molar-refractivity contribution in [1.82, 2.24) is 9.96 Å². The lowest BCUT2D eigenvalue weighted by Crippen LogP contribution is -2.48. The van der Waals surface area contributed by atoms with E-state index < -0.39 is 39.5 Å². The van der Waals surface area contributed by atoms with Crippen LogP contribution in [0.5, 0.6) is 0 Å². The van der Waals surface area contributed by atoms with Crippen LogP contribution in [-0.2, 0) is 24.2 Å². The predicted molar refractivity (Wildman–Crippen MR) is 87.2 cm³/mol. The molecule has 2 amide bonds. The van der Waals surface area contributed by atoms with Crippen LogP contribution < -0.4 is 0 Å². The summed E-state index contributed by atoms with van der Waals surface area (Å²) < 4.78 is 42.3. The van der Waals surface area contributed by atoms with Gasteiger partial charge in [0.15, 0.2) is 9.84 Å². The standard InChI is InChI=1S/C15H25FN2O6S/c1-14(2,3)24-13(20)17-5-4-15(10-16,11-17)12(19)18-6-8-25(21,22)9-7-23-18/h4-11H2,1-3H3. The van der Waals surface area contributed by atoms with E-state index in [1.807, 2.05) is 0 Å². The summed E-state index contributed by atoms with van der Waals surface area (Å²) in [5.41, 5.74) is -2.12. The molecule has 2 saturated heterocycles. The molecule has 0 radical (unpaired) electrons. The highest BCUT2D eigenvalue weighted by atomic mass is 32.2. The molecule has 0 saturated carbocycles. The molecular weight excluding hydrogens is 355 g/mol. The van der Waals surface area contributed by atoms with Crippen LogP contribution in [0.4, 0.5) is 9.18 Å². The van der Waals surface area contributed by atoms with Crippen LogP contribution in [-0.4, -0.2) is 80.4 Å². The number of carbonyl (C=O) groups is 2. The van der Waals surface area contributed by atoms with Crippen molar-refractivity contribution < 1.29 is 32.0 Å². The van der Waals surface area contributed by atoms with Crippen LogP contribution in [0.2, 0.25) is 0 Å². The highest BCUT2D eigenvalue weighted by Gasteiger charge is 2.49. The number of alkyl halides is 1. The van der Waals surface area contributed by atoms with E-state index in [0.717, 1.165) is 5.06 Å². The summed E-state index contributed by atoms with van der Waals surface area (Å²) in [6.07, 6.45) is -0.469. The summed E-state index contributed by atoms with van der Waals surface area (Å²) in [7, 11) is -3.28. The lowest BCUT2D eigenvalue weighted by atomic mass is 9.87. The van der Waals surface area contributed by atoms with E-state index in [9.17, 15) is 22.4 Å². The molecule has 1 unspecified atom stereocenters. The number of sulfone groups is 1. The first-order chi connectivity index (χ1) is 11.5. The summed E-state index contributed by atoms with van der Waals surface area (Å²) in [6, 6.07) is 0. The Morgan fingerprint density at radius 1 is 1.24 bits per heavy atom. The van der Waals surface area contributed by atoms with E-state index in [1.54, 1.807) is 20.8 Å². The third kappa shape index (κ3) is 4.81. The maximum Gasteiger partial charge on any atom is 0.410 e. The molecular formula is C15H25FN2O6S. The Morgan fingerprint density at radius 3 is 2.52 bits per heavy atom. The molecule has 0 bridgehead atoms. The molecule has 2 rings (SSSR count). The summed E-state index contributed by atoms with van der Waals surface area (Å²) >= 11 is 0. The highest BCUT2D eigenvalue weighted by Crippen LogP contribution is 2.34. The molecule has 0 N–H and O–H groups in total. The van der Waals surface area contributed by atoms with Crippen LogP contribution >= 0.6 is 0 Å². The van der Waals surface area contributed by atoms with E-state index >= 15 is 0 Å². The number of ether oxygens (including phenoxy) is 1. The Hall–Kier alpha value is -1.42. The molecule has 0 aromatic carbocycles. The van der Waals surface area contributed by atoms with E-state index in [4.69, 9.17) is 9.57 Å². The Morgan fingerprint density at radius 2 is 1.92 bits per heavy atom. The second kappa shape index (κ2) is 7.06. The first-order valence-corrected chi connectivity index (χ1v) is 9.99. The van der Waals surface area contributed by atoms with Gasteiger partial charge in [0.05, 0.1) is 30.1 Å². The number of hydrogen-bond acceptors (Lipinski definition) is 6. The van der Waals surface area contributed by atoms with Gasteiger partial charge in [-0.1, -0.05) is 0 Å². The van der Waals surface area contributed by atoms with E-state index in [-0.39, 0.29) is 44.2 Å². The second-order valence-corrected chi connectivity index (χ2v) is 9.76. The van der Waals surface area contributed by atoms with Crippen molar-refractivity contribution in [1.29, 1.82) is 0 Å². The first-order valence-electron chi connectivity index (χ1n) is 8.17. The van der Waals surface area contributed by atoms with Crippen molar-refractivity contribution in [2.24, 2.45) is 5.41 Å². The number of carbonyl (C=O) groups excluding carboxylic acids is 2. The van der Waals surface area contributed by atoms with Gasteiger partial charge in [-0.25, -0.2) is 22.7 Å². The highest BCUT2D eigenvalue weighted by molar-refractivity contribution is 7.91.